The van der Waals surface area contributed by atoms with Crippen molar-refractivity contribution in [2.45, 2.75) is 57.5 Å². The van der Waals surface area contributed by atoms with Crippen LogP contribution in [0.3, 0.4) is 0 Å². The minimum absolute atomic E-state index is 0.201. The molecule has 0 radical (unpaired) electrons. The Labute approximate surface area is 154 Å². The van der Waals surface area contributed by atoms with Crippen molar-refractivity contribution >= 4 is 11.3 Å². The molecule has 2 heterocycles. The third kappa shape index (κ3) is 2.76. The maximum absolute atomic E-state index is 5.59. The maximum atomic E-state index is 5.59. The number of hydrogen-bond acceptors (Lipinski definition) is 4. The second-order valence-corrected chi connectivity index (χ2v) is 9.29. The molecule has 1 N–H and O–H groups in total. The van der Waals surface area contributed by atoms with Crippen LogP contribution in [0.4, 0.5) is 0 Å². The Kier molecular flexibility index (Phi) is 4.08. The minimum Gasteiger partial charge on any atom is -0.493 e. The Morgan fingerprint density at radius 2 is 1.76 bits per heavy atom. The molecule has 4 heteroatoms. The van der Waals surface area contributed by atoms with Crippen molar-refractivity contribution in [2.75, 3.05) is 14.2 Å². The molecule has 2 aromatic rings. The number of ether oxygens (including phenoxy) is 2. The van der Waals surface area contributed by atoms with Crippen molar-refractivity contribution in [2.24, 2.45) is 0 Å². The van der Waals surface area contributed by atoms with Gasteiger partial charge in [0, 0.05) is 28.3 Å². The third-order valence-corrected chi connectivity index (χ3v) is 7.12. The molecule has 25 heavy (non-hydrogen) atoms. The Bertz CT molecular complexity index is 803. The van der Waals surface area contributed by atoms with Gasteiger partial charge in [0.25, 0.3) is 0 Å². The summed E-state index contributed by atoms with van der Waals surface area (Å²) in [5.41, 5.74) is 4.52. The predicted molar refractivity (Wildman–Crippen MR) is 103 cm³/mol. The fraction of sp³-hybridized carbons (Fsp3) is 0.524. The molecule has 0 spiro atoms. The highest BCUT2D eigenvalue weighted by molar-refractivity contribution is 7.12. The first-order chi connectivity index (χ1) is 11.9. The van der Waals surface area contributed by atoms with E-state index in [4.69, 9.17) is 9.47 Å². The lowest BCUT2D eigenvalue weighted by Crippen LogP contribution is -2.42. The second kappa shape index (κ2) is 6.03. The molecule has 0 saturated carbocycles. The molecule has 0 unspecified atom stereocenters. The van der Waals surface area contributed by atoms with E-state index >= 15 is 0 Å². The van der Waals surface area contributed by atoms with Crippen LogP contribution in [0.1, 0.15) is 59.6 Å². The lowest BCUT2D eigenvalue weighted by atomic mass is 9.73. The lowest BCUT2D eigenvalue weighted by molar-refractivity contribution is 0.349. The molecule has 0 fully saturated rings. The summed E-state index contributed by atoms with van der Waals surface area (Å²) in [7, 11) is 3.43. The van der Waals surface area contributed by atoms with Gasteiger partial charge in [0.2, 0.25) is 0 Å². The number of nitrogens with one attached hydrogen (secondary N) is 1. The molecule has 1 aliphatic carbocycles. The molecule has 4 rings (SSSR count). The average molecular weight is 358 g/mol. The van der Waals surface area contributed by atoms with Gasteiger partial charge >= 0.3 is 0 Å². The summed E-state index contributed by atoms with van der Waals surface area (Å²) in [5, 5.41) is 3.79. The Morgan fingerprint density at radius 1 is 1.04 bits per heavy atom. The van der Waals surface area contributed by atoms with Gasteiger partial charge in [-0.25, -0.2) is 0 Å². The van der Waals surface area contributed by atoms with Crippen LogP contribution in [0.15, 0.2) is 18.2 Å². The Hall–Kier alpha value is -1.52. The fourth-order valence-corrected chi connectivity index (χ4v) is 5.40. The highest BCUT2D eigenvalue weighted by Crippen LogP contribution is 2.47. The van der Waals surface area contributed by atoms with E-state index in [1.54, 1.807) is 14.2 Å². The van der Waals surface area contributed by atoms with E-state index in [9.17, 15) is 0 Å². The van der Waals surface area contributed by atoms with Crippen LogP contribution >= 0.6 is 11.3 Å². The van der Waals surface area contributed by atoms with Gasteiger partial charge in [0.05, 0.1) is 14.2 Å². The third-order valence-electron chi connectivity index (χ3n) is 5.55. The van der Waals surface area contributed by atoms with Crippen LogP contribution in [0, 0.1) is 0 Å². The minimum atomic E-state index is 0.201. The first-order valence-corrected chi connectivity index (χ1v) is 9.85. The summed E-state index contributed by atoms with van der Waals surface area (Å²) in [6, 6.07) is 7.36. The summed E-state index contributed by atoms with van der Waals surface area (Å²) in [6.45, 7) is 7.91. The Balaban J connectivity index is 1.85. The Morgan fingerprint density at radius 3 is 2.44 bits per heavy atom. The first-order valence-electron chi connectivity index (χ1n) is 9.03. The van der Waals surface area contributed by atoms with Crippen LogP contribution in [0.2, 0.25) is 0 Å². The van der Waals surface area contributed by atoms with Crippen LogP contribution in [0.5, 0.6) is 11.5 Å². The number of fused-ring (bicyclic) bond motifs is 5. The van der Waals surface area contributed by atoms with Crippen molar-refractivity contribution in [3.8, 4) is 11.5 Å². The number of thiophene rings is 1. The summed E-state index contributed by atoms with van der Waals surface area (Å²) in [4.78, 5) is 2.97. The molecule has 2 atom stereocenters. The molecule has 134 valence electrons. The van der Waals surface area contributed by atoms with E-state index in [2.05, 4.69) is 44.3 Å². The van der Waals surface area contributed by atoms with Gasteiger partial charge in [-0.05, 0) is 53.1 Å². The highest BCUT2D eigenvalue weighted by atomic mass is 32.1. The summed E-state index contributed by atoms with van der Waals surface area (Å²) < 4.78 is 11.1. The van der Waals surface area contributed by atoms with Crippen LogP contribution in [-0.4, -0.2) is 20.3 Å². The second-order valence-electron chi connectivity index (χ2n) is 8.15. The number of hydrogen-bond donors (Lipinski definition) is 1. The van der Waals surface area contributed by atoms with Gasteiger partial charge in [-0.1, -0.05) is 20.8 Å². The van der Waals surface area contributed by atoms with Gasteiger partial charge in [-0.15, -0.1) is 11.3 Å². The topological polar surface area (TPSA) is 30.5 Å². The molecule has 1 aromatic heterocycles. The first kappa shape index (κ1) is 16.9. The van der Waals surface area contributed by atoms with Crippen LogP contribution in [0.25, 0.3) is 0 Å². The van der Waals surface area contributed by atoms with Gasteiger partial charge in [-0.3, -0.25) is 0 Å². The van der Waals surface area contributed by atoms with E-state index < -0.39 is 0 Å². The van der Waals surface area contributed by atoms with Gasteiger partial charge in [0.1, 0.15) is 0 Å². The monoisotopic (exact) mass is 357 g/mol. The fourth-order valence-electron chi connectivity index (χ4n) is 4.18. The number of benzene rings is 1. The van der Waals surface area contributed by atoms with Crippen LogP contribution < -0.4 is 14.8 Å². The van der Waals surface area contributed by atoms with Gasteiger partial charge < -0.3 is 14.8 Å². The number of aryl methyl sites for hydroxylation is 1. The predicted octanol–water partition coefficient (Wildman–Crippen LogP) is 4.61. The largest absolute Gasteiger partial charge is 0.493 e. The van der Waals surface area contributed by atoms with Crippen molar-refractivity contribution in [3.63, 3.8) is 0 Å². The molecule has 0 saturated heterocycles. The molecule has 1 aliphatic heterocycles. The van der Waals surface area contributed by atoms with E-state index in [0.717, 1.165) is 24.5 Å². The zero-order valence-corrected chi connectivity index (χ0v) is 16.5. The maximum Gasteiger partial charge on any atom is 0.161 e. The number of methoxy groups -OCH3 is 2. The zero-order valence-electron chi connectivity index (χ0n) is 15.7. The summed E-state index contributed by atoms with van der Waals surface area (Å²) in [6.07, 6.45) is 2.27. The van der Waals surface area contributed by atoms with Gasteiger partial charge in [0.15, 0.2) is 11.5 Å². The highest BCUT2D eigenvalue weighted by Gasteiger charge is 2.37. The normalized spacial score (nSPS) is 22.0. The number of rotatable bonds is 2. The quantitative estimate of drug-likeness (QED) is 0.851. The van der Waals surface area contributed by atoms with Crippen LogP contribution in [-0.2, 0) is 18.4 Å². The van der Waals surface area contributed by atoms with Crippen molar-refractivity contribution in [1.82, 2.24) is 5.32 Å². The van der Waals surface area contributed by atoms with Crippen molar-refractivity contribution < 1.29 is 9.47 Å². The average Bonchev–Trinajstić information content (AvgIpc) is 3.04. The SMILES string of the molecule is COc1cc2c(cc1OC)[C@@H]1c3cc(C(C)(C)C)sc3CN[C@H]1CC2. The van der Waals surface area contributed by atoms with E-state index in [-0.39, 0.29) is 5.41 Å². The molecule has 2 aliphatic rings. The van der Waals surface area contributed by atoms with Crippen molar-refractivity contribution in [3.05, 3.63) is 44.6 Å². The molecular formula is C21H27NO2S. The lowest BCUT2D eigenvalue weighted by Gasteiger charge is -2.38. The van der Waals surface area contributed by atoms with E-state index in [0.29, 0.717) is 12.0 Å². The molecule has 0 bridgehead atoms. The summed E-state index contributed by atoms with van der Waals surface area (Å²) in [5.74, 6) is 2.09. The van der Waals surface area contributed by atoms with Crippen molar-refractivity contribution in [1.29, 1.82) is 0 Å². The zero-order chi connectivity index (χ0) is 17.8. The molecular weight excluding hydrogens is 330 g/mol. The molecule has 0 amide bonds. The summed E-state index contributed by atoms with van der Waals surface area (Å²) >= 11 is 1.97. The van der Waals surface area contributed by atoms with Gasteiger partial charge in [-0.2, -0.15) is 0 Å². The van der Waals surface area contributed by atoms with E-state index in [1.165, 1.54) is 32.9 Å². The molecule has 3 nitrogen and oxygen atoms in total. The smallest absolute Gasteiger partial charge is 0.161 e. The standard InChI is InChI=1S/C21H27NO2S/c1-21(2,3)19-10-14-18(25-19)11-22-15-7-6-12-8-16(23-4)17(24-5)9-13(12)20(14)15/h8-10,15,20,22H,6-7,11H2,1-5H3/t15-,20+/m0/s1. The molecule has 1 aromatic carbocycles. The van der Waals surface area contributed by atoms with E-state index in [1.807, 2.05) is 11.3 Å².